The zero-order valence-corrected chi connectivity index (χ0v) is 22.9. The summed E-state index contributed by atoms with van der Waals surface area (Å²) in [7, 11) is 0. The van der Waals surface area contributed by atoms with Gasteiger partial charge >= 0.3 is 0 Å². The molecule has 6 nitrogen and oxygen atoms in total. The van der Waals surface area contributed by atoms with Crippen LogP contribution in [0, 0.1) is 26.2 Å². The van der Waals surface area contributed by atoms with Crippen molar-refractivity contribution >= 4 is 23.4 Å². The van der Waals surface area contributed by atoms with Crippen molar-refractivity contribution in [2.24, 2.45) is 5.73 Å². The number of rotatable bonds is 9. The van der Waals surface area contributed by atoms with Gasteiger partial charge in [-0.3, -0.25) is 5.41 Å². The highest BCUT2D eigenvalue weighted by molar-refractivity contribution is 7.99. The van der Waals surface area contributed by atoms with Crippen molar-refractivity contribution in [2.75, 3.05) is 17.7 Å². The maximum Gasteiger partial charge on any atom is 0.190 e. The average molecular weight is 520 g/mol. The maximum atomic E-state index is 10.4. The van der Waals surface area contributed by atoms with Crippen LogP contribution in [0.4, 0.5) is 5.69 Å². The first-order valence-electron chi connectivity index (χ1n) is 12.7. The van der Waals surface area contributed by atoms with E-state index in [0.717, 1.165) is 70.9 Å². The lowest BCUT2D eigenvalue weighted by atomic mass is 9.86. The fraction of sp³-hybridized carbons (Fsp3) is 0.367. The number of guanidine groups is 1. The van der Waals surface area contributed by atoms with Gasteiger partial charge in [0.1, 0.15) is 22.8 Å². The van der Waals surface area contributed by atoms with Gasteiger partial charge in [-0.1, -0.05) is 12.1 Å². The second kappa shape index (κ2) is 11.4. The van der Waals surface area contributed by atoms with Gasteiger partial charge in [0, 0.05) is 28.3 Å². The lowest BCUT2D eigenvalue weighted by Crippen LogP contribution is -2.38. The lowest BCUT2D eigenvalue weighted by molar-refractivity contribution is 0.0411. The number of ether oxygens (including phenoxy) is 2. The molecule has 1 heterocycles. The predicted molar refractivity (Wildman–Crippen MR) is 153 cm³/mol. The Morgan fingerprint density at radius 3 is 2.46 bits per heavy atom. The number of thioether (sulfide) groups is 1. The standard InChI is InChI=1S/C30H37N3O3S/c1-19-20(2)28-26(21(3)27(19)34)13-15-30(4,36-28)16-17-35-24-9-5-22(6-10-24)14-18-37-25-11-7-23(8-12-25)33-29(31)32/h5-12,34H,13-18H2,1-4H3,(H4,31,32,33). The number of phenols is 1. The highest BCUT2D eigenvalue weighted by Crippen LogP contribution is 2.44. The monoisotopic (exact) mass is 519 g/mol. The molecule has 1 aliphatic heterocycles. The first-order chi connectivity index (χ1) is 17.6. The van der Waals surface area contributed by atoms with Crippen molar-refractivity contribution < 1.29 is 14.6 Å². The van der Waals surface area contributed by atoms with Crippen molar-refractivity contribution in [3.63, 3.8) is 0 Å². The first kappa shape index (κ1) is 26.7. The van der Waals surface area contributed by atoms with Gasteiger partial charge in [0.05, 0.1) is 6.61 Å². The van der Waals surface area contributed by atoms with E-state index in [1.807, 2.05) is 57.2 Å². The predicted octanol–water partition coefficient (Wildman–Crippen LogP) is 6.51. The molecule has 1 aliphatic rings. The van der Waals surface area contributed by atoms with Crippen LogP contribution in [-0.4, -0.2) is 29.0 Å². The number of phenolic OH excluding ortho intramolecular Hbond substituents is 1. The van der Waals surface area contributed by atoms with Gasteiger partial charge in [-0.25, -0.2) is 0 Å². The highest BCUT2D eigenvalue weighted by atomic mass is 32.2. The lowest BCUT2D eigenvalue weighted by Gasteiger charge is -2.38. The highest BCUT2D eigenvalue weighted by Gasteiger charge is 2.34. The number of hydrogen-bond donors (Lipinski definition) is 4. The molecule has 0 radical (unpaired) electrons. The molecule has 5 N–H and O–H groups in total. The molecule has 1 atom stereocenters. The van der Waals surface area contributed by atoms with Crippen LogP contribution in [0.1, 0.15) is 47.6 Å². The smallest absolute Gasteiger partial charge is 0.190 e. The Kier molecular flexibility index (Phi) is 8.22. The molecule has 3 aromatic carbocycles. The average Bonchev–Trinajstić information content (AvgIpc) is 2.88. The Morgan fingerprint density at radius 1 is 1.08 bits per heavy atom. The summed E-state index contributed by atoms with van der Waals surface area (Å²) in [5.41, 5.74) is 11.2. The number of anilines is 1. The SMILES string of the molecule is Cc1c(C)c2c(c(C)c1O)CCC(C)(CCOc1ccc(CCSc3ccc(NC(=N)N)cc3)cc1)O2. The Balaban J connectivity index is 1.24. The normalized spacial score (nSPS) is 16.5. The number of benzene rings is 3. The fourth-order valence-electron chi connectivity index (χ4n) is 4.68. The third-order valence-corrected chi connectivity index (χ3v) is 8.22. The van der Waals surface area contributed by atoms with E-state index in [2.05, 4.69) is 24.4 Å². The van der Waals surface area contributed by atoms with E-state index >= 15 is 0 Å². The number of nitrogens with two attached hydrogens (primary N) is 1. The van der Waals surface area contributed by atoms with Crippen molar-refractivity contribution in [3.05, 3.63) is 76.3 Å². The summed E-state index contributed by atoms with van der Waals surface area (Å²) < 4.78 is 12.6. The largest absolute Gasteiger partial charge is 0.507 e. The second-order valence-corrected chi connectivity index (χ2v) is 11.2. The third-order valence-electron chi connectivity index (χ3n) is 7.21. The van der Waals surface area contributed by atoms with E-state index in [1.165, 1.54) is 10.5 Å². The van der Waals surface area contributed by atoms with Crippen molar-refractivity contribution in [2.45, 2.75) is 63.9 Å². The van der Waals surface area contributed by atoms with Gasteiger partial charge in [0.25, 0.3) is 0 Å². The van der Waals surface area contributed by atoms with Crippen LogP contribution in [0.3, 0.4) is 0 Å². The van der Waals surface area contributed by atoms with Gasteiger partial charge in [-0.15, -0.1) is 11.8 Å². The van der Waals surface area contributed by atoms with Crippen LogP contribution >= 0.6 is 11.8 Å². The molecule has 0 saturated carbocycles. The zero-order chi connectivity index (χ0) is 26.6. The van der Waals surface area contributed by atoms with Crippen LogP contribution in [0.2, 0.25) is 0 Å². The molecule has 37 heavy (non-hydrogen) atoms. The molecule has 0 aromatic heterocycles. The molecular formula is C30H37N3O3S. The third kappa shape index (κ3) is 6.52. The molecule has 0 aliphatic carbocycles. The summed E-state index contributed by atoms with van der Waals surface area (Å²) in [6.45, 7) is 8.70. The summed E-state index contributed by atoms with van der Waals surface area (Å²) in [6, 6.07) is 16.3. The molecule has 0 saturated heterocycles. The molecule has 0 amide bonds. The van der Waals surface area contributed by atoms with Crippen LogP contribution in [0.5, 0.6) is 17.2 Å². The van der Waals surface area contributed by atoms with Crippen molar-refractivity contribution in [1.82, 2.24) is 0 Å². The van der Waals surface area contributed by atoms with Gasteiger partial charge < -0.3 is 25.6 Å². The van der Waals surface area contributed by atoms with Crippen LogP contribution in [-0.2, 0) is 12.8 Å². The van der Waals surface area contributed by atoms with Crippen molar-refractivity contribution in [1.29, 1.82) is 5.41 Å². The Labute approximate surface area is 224 Å². The van der Waals surface area contributed by atoms with Gasteiger partial charge in [0.15, 0.2) is 5.96 Å². The Bertz CT molecular complexity index is 1260. The number of aryl methyl sites for hydroxylation is 1. The molecule has 1 unspecified atom stereocenters. The topological polar surface area (TPSA) is 101 Å². The molecule has 196 valence electrons. The molecule has 0 fully saturated rings. The molecule has 0 spiro atoms. The van der Waals surface area contributed by atoms with E-state index in [0.29, 0.717) is 12.4 Å². The summed E-state index contributed by atoms with van der Waals surface area (Å²) >= 11 is 1.80. The molecule has 4 rings (SSSR count). The summed E-state index contributed by atoms with van der Waals surface area (Å²) in [5.74, 6) is 3.13. The minimum absolute atomic E-state index is 0.0581. The van der Waals surface area contributed by atoms with Crippen LogP contribution < -0.4 is 20.5 Å². The molecule has 3 aromatic rings. The summed E-state index contributed by atoms with van der Waals surface area (Å²) in [6.07, 6.45) is 3.57. The number of aromatic hydroxyl groups is 1. The maximum absolute atomic E-state index is 10.4. The summed E-state index contributed by atoms with van der Waals surface area (Å²) in [5, 5.41) is 20.5. The summed E-state index contributed by atoms with van der Waals surface area (Å²) in [4.78, 5) is 1.19. The van der Waals surface area contributed by atoms with Crippen LogP contribution in [0.15, 0.2) is 53.4 Å². The Morgan fingerprint density at radius 2 is 1.78 bits per heavy atom. The minimum atomic E-state index is -0.287. The molecule has 7 heteroatoms. The van der Waals surface area contributed by atoms with Gasteiger partial charge in [-0.2, -0.15) is 0 Å². The first-order valence-corrected chi connectivity index (χ1v) is 13.7. The molecular weight excluding hydrogens is 482 g/mol. The van der Waals surface area contributed by atoms with Gasteiger partial charge in [0.2, 0.25) is 0 Å². The zero-order valence-electron chi connectivity index (χ0n) is 22.1. The quantitative estimate of drug-likeness (QED) is 0.146. The number of nitrogens with one attached hydrogen (secondary N) is 2. The van der Waals surface area contributed by atoms with E-state index in [9.17, 15) is 5.11 Å². The van der Waals surface area contributed by atoms with E-state index < -0.39 is 0 Å². The van der Waals surface area contributed by atoms with E-state index in [-0.39, 0.29) is 11.6 Å². The molecule has 0 bridgehead atoms. The van der Waals surface area contributed by atoms with Gasteiger partial charge in [-0.05, 0) is 106 Å². The van der Waals surface area contributed by atoms with E-state index in [4.69, 9.17) is 20.6 Å². The number of hydrogen-bond acceptors (Lipinski definition) is 5. The number of fused-ring (bicyclic) bond motifs is 1. The van der Waals surface area contributed by atoms with E-state index in [1.54, 1.807) is 11.8 Å². The minimum Gasteiger partial charge on any atom is -0.507 e. The van der Waals surface area contributed by atoms with Crippen molar-refractivity contribution in [3.8, 4) is 17.2 Å². The Hall–Kier alpha value is -3.32. The van der Waals surface area contributed by atoms with Crippen LogP contribution in [0.25, 0.3) is 0 Å². The fourth-order valence-corrected chi connectivity index (χ4v) is 5.59. The second-order valence-electron chi connectivity index (χ2n) is 9.99.